The molecule has 0 aromatic heterocycles. The second kappa shape index (κ2) is 17.6. The number of rotatable bonds is 13. The zero-order valence-electron chi connectivity index (χ0n) is 26.8. The van der Waals surface area contributed by atoms with Crippen LogP contribution in [0, 0.1) is 0 Å². The van der Waals surface area contributed by atoms with Crippen molar-refractivity contribution in [2.45, 2.75) is 89.8 Å². The van der Waals surface area contributed by atoms with Gasteiger partial charge < -0.3 is 20.4 Å². The van der Waals surface area contributed by atoms with Crippen LogP contribution < -0.4 is 0 Å². The Kier molecular flexibility index (Phi) is 14.9. The molecule has 5 atom stereocenters. The molecule has 12 nitrogen and oxygen atoms in total. The molecule has 2 rings (SSSR count). The highest BCUT2D eigenvalue weighted by Gasteiger charge is 2.39. The molecule has 0 amide bonds. The zero-order valence-corrected chi connectivity index (χ0v) is 26.8. The minimum atomic E-state index is -4.63. The van der Waals surface area contributed by atoms with Crippen LogP contribution in [-0.4, -0.2) is 134 Å². The number of benzene rings is 1. The van der Waals surface area contributed by atoms with Crippen LogP contribution >= 0.6 is 0 Å². The van der Waals surface area contributed by atoms with Crippen LogP contribution in [0.4, 0.5) is 13.2 Å². The maximum atomic E-state index is 13.4. The Bertz CT molecular complexity index is 1160. The molecule has 0 saturated carbocycles. The summed E-state index contributed by atoms with van der Waals surface area (Å²) in [6, 6.07) is 0.431. The van der Waals surface area contributed by atoms with Crippen molar-refractivity contribution in [3.8, 4) is 0 Å². The summed E-state index contributed by atoms with van der Waals surface area (Å²) < 4.78 is 40.1. The first-order chi connectivity index (χ1) is 21.6. The van der Waals surface area contributed by atoms with Gasteiger partial charge in [0.05, 0.1) is 25.2 Å². The van der Waals surface area contributed by atoms with Gasteiger partial charge in [-0.25, -0.2) is 0 Å². The highest BCUT2D eigenvalue weighted by atomic mass is 19.4. The maximum Gasteiger partial charge on any atom is 0.416 e. The number of hydrogen-bond acceptors (Lipinski definition) is 8. The lowest BCUT2D eigenvalue weighted by Gasteiger charge is -2.46. The Morgan fingerprint density at radius 3 is 1.30 bits per heavy atom. The standard InChI is InChI=1S/C31H47F3N4O8/c1-5-22-14-36(18-27(41)42)24(7-3)16-38(29(30(45)46)20-9-11-21(12-10-20)31(32,33)34)25(8-4)15-37(19-28(43)44)23(6-2)13-35(22)17-26(39)40/h9-12,22-25,29H,5-8,13-19H2,1-4H3,(H,39,40)(H,41,42)(H,43,44)(H,45,46)/t22-,23-,24-,25-,29?/m1/s1. The molecule has 0 aliphatic carbocycles. The van der Waals surface area contributed by atoms with Crippen molar-refractivity contribution in [2.24, 2.45) is 0 Å². The van der Waals surface area contributed by atoms with Crippen molar-refractivity contribution in [1.82, 2.24) is 19.6 Å². The summed E-state index contributed by atoms with van der Waals surface area (Å²) in [4.78, 5) is 55.8. The average Bonchev–Trinajstić information content (AvgIpc) is 2.96. The lowest BCUT2D eigenvalue weighted by molar-refractivity contribution is -0.148. The summed E-state index contributed by atoms with van der Waals surface area (Å²) in [6.07, 6.45) is -3.01. The van der Waals surface area contributed by atoms with E-state index in [2.05, 4.69) is 0 Å². The minimum Gasteiger partial charge on any atom is -0.480 e. The average molecular weight is 661 g/mol. The SMILES string of the molecule is CC[C@@H]1CN(CC(=O)O)[C@H](CC)CN(C(C(=O)O)c2ccc(C(F)(F)F)cc2)[C@H](CC)CN(CC(=O)O)[C@H](CC)CN1CC(=O)O. The summed E-state index contributed by atoms with van der Waals surface area (Å²) in [6.45, 7) is 6.56. The number of alkyl halides is 3. The van der Waals surface area contributed by atoms with Gasteiger partial charge in [-0.05, 0) is 43.4 Å². The lowest BCUT2D eigenvalue weighted by atomic mass is 9.97. The fourth-order valence-electron chi connectivity index (χ4n) is 6.38. The van der Waals surface area contributed by atoms with E-state index in [0.717, 1.165) is 24.3 Å². The number of nitrogens with zero attached hydrogens (tertiary/aromatic N) is 4. The van der Waals surface area contributed by atoms with Gasteiger partial charge in [0.15, 0.2) is 0 Å². The van der Waals surface area contributed by atoms with Gasteiger partial charge in [0.25, 0.3) is 0 Å². The topological polar surface area (TPSA) is 162 Å². The van der Waals surface area contributed by atoms with Crippen LogP contribution in [0.2, 0.25) is 0 Å². The molecule has 4 N–H and O–H groups in total. The number of halogens is 3. The molecular formula is C31H47F3N4O8. The summed E-state index contributed by atoms with van der Waals surface area (Å²) >= 11 is 0. The van der Waals surface area contributed by atoms with Gasteiger partial charge in [-0.15, -0.1) is 0 Å². The molecule has 1 aliphatic rings. The summed E-state index contributed by atoms with van der Waals surface area (Å²) in [5, 5.41) is 40.0. The third-order valence-corrected chi connectivity index (χ3v) is 8.79. The lowest BCUT2D eigenvalue weighted by Crippen LogP contribution is -2.60. The van der Waals surface area contributed by atoms with Crippen LogP contribution in [0.5, 0.6) is 0 Å². The molecule has 1 aromatic rings. The second-order valence-corrected chi connectivity index (χ2v) is 11.8. The predicted octanol–water partition coefficient (Wildman–Crippen LogP) is 3.42. The molecule has 0 radical (unpaired) electrons. The first-order valence-corrected chi connectivity index (χ1v) is 15.6. The van der Waals surface area contributed by atoms with Gasteiger partial charge in [-0.2, -0.15) is 13.2 Å². The third-order valence-electron chi connectivity index (χ3n) is 8.79. The molecular weight excluding hydrogens is 613 g/mol. The first-order valence-electron chi connectivity index (χ1n) is 15.6. The van der Waals surface area contributed by atoms with E-state index in [1.807, 2.05) is 20.8 Å². The van der Waals surface area contributed by atoms with E-state index in [0.29, 0.717) is 25.7 Å². The highest BCUT2D eigenvalue weighted by molar-refractivity contribution is 5.76. The number of carboxylic acids is 4. The van der Waals surface area contributed by atoms with Crippen LogP contribution in [0.15, 0.2) is 24.3 Å². The minimum absolute atomic E-state index is 0.00729. The molecule has 1 aromatic carbocycles. The number of carbonyl (C=O) groups is 4. The smallest absolute Gasteiger partial charge is 0.416 e. The van der Waals surface area contributed by atoms with E-state index in [1.165, 1.54) is 0 Å². The van der Waals surface area contributed by atoms with Gasteiger partial charge in [-0.3, -0.25) is 38.8 Å². The Morgan fingerprint density at radius 2 is 1.00 bits per heavy atom. The van der Waals surface area contributed by atoms with E-state index < -0.39 is 78.9 Å². The molecule has 46 heavy (non-hydrogen) atoms. The van der Waals surface area contributed by atoms with E-state index >= 15 is 0 Å². The van der Waals surface area contributed by atoms with Crippen LogP contribution in [0.3, 0.4) is 0 Å². The predicted molar refractivity (Wildman–Crippen MR) is 162 cm³/mol. The molecule has 1 aliphatic heterocycles. The number of hydrogen-bond donors (Lipinski definition) is 4. The largest absolute Gasteiger partial charge is 0.480 e. The molecule has 1 saturated heterocycles. The molecule has 1 unspecified atom stereocenters. The van der Waals surface area contributed by atoms with Crippen molar-refractivity contribution >= 4 is 23.9 Å². The monoisotopic (exact) mass is 660 g/mol. The molecule has 260 valence electrons. The molecule has 1 fully saturated rings. The Labute approximate surface area is 267 Å². The molecule has 0 spiro atoms. The molecule has 15 heteroatoms. The maximum absolute atomic E-state index is 13.4. The van der Waals surface area contributed by atoms with E-state index in [1.54, 1.807) is 26.5 Å². The first kappa shape index (κ1) is 38.9. The number of carboxylic acid groups (broad SMARTS) is 4. The van der Waals surface area contributed by atoms with Crippen LogP contribution in [-0.2, 0) is 25.4 Å². The Balaban J connectivity index is 2.81. The zero-order chi connectivity index (χ0) is 34.8. The Morgan fingerprint density at radius 1 is 0.652 bits per heavy atom. The number of aliphatic carboxylic acids is 4. The van der Waals surface area contributed by atoms with E-state index in [9.17, 15) is 52.8 Å². The fourth-order valence-corrected chi connectivity index (χ4v) is 6.38. The van der Waals surface area contributed by atoms with Gasteiger partial charge >= 0.3 is 30.1 Å². The van der Waals surface area contributed by atoms with Gasteiger partial charge in [0, 0.05) is 50.3 Å². The third kappa shape index (κ3) is 10.9. The van der Waals surface area contributed by atoms with Crippen molar-refractivity contribution in [3.63, 3.8) is 0 Å². The van der Waals surface area contributed by atoms with Crippen molar-refractivity contribution in [3.05, 3.63) is 35.4 Å². The quantitative estimate of drug-likeness (QED) is 0.244. The summed E-state index contributed by atoms with van der Waals surface area (Å²) in [5.41, 5.74) is -0.836. The summed E-state index contributed by atoms with van der Waals surface area (Å²) in [7, 11) is 0. The van der Waals surface area contributed by atoms with Crippen LogP contribution in [0.1, 0.15) is 70.5 Å². The second-order valence-electron chi connectivity index (χ2n) is 11.8. The normalized spacial score (nSPS) is 24.1. The van der Waals surface area contributed by atoms with Crippen molar-refractivity contribution in [1.29, 1.82) is 0 Å². The molecule has 0 bridgehead atoms. The van der Waals surface area contributed by atoms with Crippen LogP contribution in [0.25, 0.3) is 0 Å². The fraction of sp³-hybridized carbons (Fsp3) is 0.677. The summed E-state index contributed by atoms with van der Waals surface area (Å²) in [5.74, 6) is -4.65. The van der Waals surface area contributed by atoms with E-state index in [-0.39, 0.29) is 38.3 Å². The van der Waals surface area contributed by atoms with Gasteiger partial charge in [0.1, 0.15) is 6.04 Å². The van der Waals surface area contributed by atoms with Crippen molar-refractivity contribution in [2.75, 3.05) is 45.8 Å². The van der Waals surface area contributed by atoms with E-state index in [4.69, 9.17) is 0 Å². The van der Waals surface area contributed by atoms with Gasteiger partial charge in [-0.1, -0.05) is 39.8 Å². The highest BCUT2D eigenvalue weighted by Crippen LogP contribution is 2.33. The molecule has 1 heterocycles. The Hall–Kier alpha value is -3.27. The van der Waals surface area contributed by atoms with Crippen molar-refractivity contribution < 1.29 is 52.8 Å². The van der Waals surface area contributed by atoms with Gasteiger partial charge in [0.2, 0.25) is 0 Å².